The molecule has 0 fully saturated rings. The van der Waals surface area contributed by atoms with E-state index in [-0.39, 0.29) is 0 Å². The maximum absolute atomic E-state index is 7.99. The van der Waals surface area contributed by atoms with E-state index < -0.39 is 6.98 Å². The summed E-state index contributed by atoms with van der Waals surface area (Å²) in [5.74, 6) is 0. The number of para-hydroxylation sites is 1. The molecule has 0 unspecified atom stereocenters. The van der Waals surface area contributed by atoms with Crippen molar-refractivity contribution in [3.05, 3.63) is 48.3 Å². The highest BCUT2D eigenvalue weighted by Crippen LogP contribution is 2.38. The van der Waals surface area contributed by atoms with Gasteiger partial charge in [0, 0.05) is 11.6 Å². The van der Waals surface area contributed by atoms with E-state index in [1.165, 1.54) is 4.57 Å². The molecule has 0 bridgehead atoms. The van der Waals surface area contributed by atoms with E-state index >= 15 is 0 Å². The first-order valence-corrected chi connectivity index (χ1v) is 7.28. The van der Waals surface area contributed by atoms with Crippen molar-refractivity contribution in [2.45, 2.75) is 6.54 Å². The van der Waals surface area contributed by atoms with Crippen LogP contribution in [0.15, 0.2) is 42.6 Å². The predicted octanol–water partition coefficient (Wildman–Crippen LogP) is 3.10. The van der Waals surface area contributed by atoms with Crippen LogP contribution in [-0.2, 0) is 13.5 Å². The number of fused-ring (bicyclic) bond motifs is 7. The van der Waals surface area contributed by atoms with Crippen LogP contribution < -0.4 is 4.57 Å². The van der Waals surface area contributed by atoms with Crippen LogP contribution in [0.5, 0.6) is 0 Å². The summed E-state index contributed by atoms with van der Waals surface area (Å²) in [6.45, 7) is -1.59. The molecule has 1 aliphatic heterocycles. The number of rotatable bonds is 0. The van der Waals surface area contributed by atoms with Crippen molar-refractivity contribution in [2.24, 2.45) is 6.98 Å². The molecule has 4 aromatic rings. The Balaban J connectivity index is 1.97. The van der Waals surface area contributed by atoms with E-state index in [4.69, 9.17) is 4.11 Å². The molecule has 4 heterocycles. The van der Waals surface area contributed by atoms with Gasteiger partial charge in [-0.2, -0.15) is 0 Å². The Kier molecular flexibility index (Phi) is 1.41. The number of pyridine rings is 1. The summed E-state index contributed by atoms with van der Waals surface area (Å²) in [6.07, 6.45) is 1.78. The smallest absolute Gasteiger partial charge is 0.256 e. The first kappa shape index (κ1) is 8.17. The van der Waals surface area contributed by atoms with Crippen LogP contribution >= 0.6 is 11.3 Å². The Labute approximate surface area is 123 Å². The Morgan fingerprint density at radius 2 is 2.25 bits per heavy atom. The Bertz CT molecular complexity index is 1090. The zero-order chi connectivity index (χ0) is 15.8. The second-order valence-corrected chi connectivity index (χ2v) is 6.00. The molecule has 5 rings (SSSR count). The standard InChI is InChI=1S/C16H12N3S/c1-18-13-7-3-2-5-11(13)14-15(18)19-9-12-10(16(19)20-14)6-4-8-17-12/h2-8H,9H2,1H3/q+1/i1D3. The van der Waals surface area contributed by atoms with Crippen molar-refractivity contribution in [3.63, 3.8) is 0 Å². The number of aryl methyl sites for hydroxylation is 1. The summed E-state index contributed by atoms with van der Waals surface area (Å²) in [4.78, 5) is 4.43. The maximum atomic E-state index is 7.99. The highest BCUT2D eigenvalue weighted by Gasteiger charge is 2.32. The van der Waals surface area contributed by atoms with Crippen LogP contribution in [0, 0.1) is 0 Å². The zero-order valence-corrected chi connectivity index (χ0v) is 11.3. The molecule has 1 aromatic carbocycles. The summed E-state index contributed by atoms with van der Waals surface area (Å²) >= 11 is 1.65. The number of aromatic nitrogens is 3. The molecular formula is C16H12N3S+. The molecule has 0 saturated heterocycles. The van der Waals surface area contributed by atoms with Crippen molar-refractivity contribution in [1.29, 1.82) is 0 Å². The first-order valence-electron chi connectivity index (χ1n) is 7.96. The zero-order valence-electron chi connectivity index (χ0n) is 13.5. The van der Waals surface area contributed by atoms with E-state index in [0.29, 0.717) is 6.54 Å². The van der Waals surface area contributed by atoms with Crippen molar-refractivity contribution in [1.82, 2.24) is 9.55 Å². The van der Waals surface area contributed by atoms with Gasteiger partial charge in [-0.25, -0.2) is 9.13 Å². The normalized spacial score (nSPS) is 15.9. The van der Waals surface area contributed by atoms with Gasteiger partial charge in [0.2, 0.25) is 0 Å². The fourth-order valence-electron chi connectivity index (χ4n) is 3.04. The van der Waals surface area contributed by atoms with Crippen molar-refractivity contribution in [3.8, 4) is 10.6 Å². The second kappa shape index (κ2) is 3.46. The van der Waals surface area contributed by atoms with Gasteiger partial charge in [0.05, 0.1) is 22.3 Å². The Morgan fingerprint density at radius 1 is 1.30 bits per heavy atom. The Morgan fingerprint density at radius 3 is 3.20 bits per heavy atom. The second-order valence-electron chi connectivity index (χ2n) is 5.00. The third-order valence-electron chi connectivity index (χ3n) is 3.93. The highest BCUT2D eigenvalue weighted by molar-refractivity contribution is 7.22. The third kappa shape index (κ3) is 1.11. The number of benzene rings is 1. The lowest BCUT2D eigenvalue weighted by Crippen LogP contribution is -2.32. The molecule has 3 nitrogen and oxygen atoms in total. The molecule has 96 valence electrons. The topological polar surface area (TPSA) is 21.7 Å². The Hall–Kier alpha value is -2.20. The number of thiazole rings is 1. The van der Waals surface area contributed by atoms with Crippen LogP contribution in [0.3, 0.4) is 0 Å². The molecule has 4 heteroatoms. The van der Waals surface area contributed by atoms with E-state index in [1.54, 1.807) is 17.5 Å². The van der Waals surface area contributed by atoms with Gasteiger partial charge in [0.15, 0.2) is 5.01 Å². The fraction of sp³-hybridized carbons (Fsp3) is 0.125. The van der Waals surface area contributed by atoms with Gasteiger partial charge in [-0.05, 0) is 24.3 Å². The summed E-state index contributed by atoms with van der Waals surface area (Å²) in [6, 6.07) is 11.7. The third-order valence-corrected chi connectivity index (χ3v) is 5.17. The molecule has 0 aliphatic carbocycles. The van der Waals surface area contributed by atoms with Crippen LogP contribution in [0.4, 0.5) is 0 Å². The van der Waals surface area contributed by atoms with E-state index in [9.17, 15) is 0 Å². The van der Waals surface area contributed by atoms with E-state index in [2.05, 4.69) is 15.6 Å². The molecule has 0 saturated carbocycles. The van der Waals surface area contributed by atoms with Gasteiger partial charge >= 0.3 is 5.65 Å². The molecule has 0 radical (unpaired) electrons. The molecule has 0 amide bonds. The van der Waals surface area contributed by atoms with Gasteiger partial charge in [0.1, 0.15) is 16.8 Å². The molecule has 3 aromatic heterocycles. The fourth-order valence-corrected chi connectivity index (χ4v) is 4.37. The average Bonchev–Trinajstić information content (AvgIpc) is 3.13. The van der Waals surface area contributed by atoms with Crippen LogP contribution in [0.1, 0.15) is 9.81 Å². The number of hydrogen-bond donors (Lipinski definition) is 0. The minimum atomic E-state index is -2.22. The van der Waals surface area contributed by atoms with Gasteiger partial charge in [0.25, 0.3) is 0 Å². The van der Waals surface area contributed by atoms with Gasteiger partial charge in [-0.1, -0.05) is 23.5 Å². The first-order chi connectivity index (χ1) is 11.1. The highest BCUT2D eigenvalue weighted by atomic mass is 32.1. The summed E-state index contributed by atoms with van der Waals surface area (Å²) in [5, 5.41) is 2.08. The van der Waals surface area contributed by atoms with E-state index in [1.807, 2.05) is 30.3 Å². The predicted molar refractivity (Wildman–Crippen MR) is 80.8 cm³/mol. The largest absolute Gasteiger partial charge is 0.301 e. The molecule has 0 N–H and O–H groups in total. The van der Waals surface area contributed by atoms with Crippen molar-refractivity contribution < 1.29 is 8.68 Å². The van der Waals surface area contributed by atoms with Crippen LogP contribution in [-0.4, -0.2) is 9.55 Å². The van der Waals surface area contributed by atoms with Gasteiger partial charge in [-0.3, -0.25) is 4.98 Å². The minimum Gasteiger partial charge on any atom is -0.256 e. The lowest BCUT2D eigenvalue weighted by molar-refractivity contribution is -0.645. The van der Waals surface area contributed by atoms with Crippen LogP contribution in [0.2, 0.25) is 0 Å². The molecule has 20 heavy (non-hydrogen) atoms. The quantitative estimate of drug-likeness (QED) is 0.400. The van der Waals surface area contributed by atoms with Crippen molar-refractivity contribution in [2.75, 3.05) is 0 Å². The molecule has 0 spiro atoms. The SMILES string of the molecule is [2H]C([2H])([2H])n1c2ccccc2c2sc3[n+](c21)Cc1ncccc1-3. The van der Waals surface area contributed by atoms with E-state index in [0.717, 1.165) is 37.5 Å². The lowest BCUT2D eigenvalue weighted by atomic mass is 10.2. The number of hydrogen-bond acceptors (Lipinski definition) is 2. The maximum Gasteiger partial charge on any atom is 0.301 e. The summed E-state index contributed by atoms with van der Waals surface area (Å²) in [5.41, 5.74) is 3.63. The minimum absolute atomic E-state index is 0.623. The molecule has 1 aliphatic rings. The van der Waals surface area contributed by atoms with Crippen LogP contribution in [0.25, 0.3) is 31.8 Å². The van der Waals surface area contributed by atoms with Gasteiger partial charge < -0.3 is 0 Å². The summed E-state index contributed by atoms with van der Waals surface area (Å²) < 4.78 is 28.6. The molecule has 0 atom stereocenters. The molecular weight excluding hydrogens is 266 g/mol. The average molecular weight is 281 g/mol. The monoisotopic (exact) mass is 281 g/mol. The lowest BCUT2D eigenvalue weighted by Gasteiger charge is -1.93. The number of nitrogens with zero attached hydrogens (tertiary/aromatic N) is 3. The summed E-state index contributed by atoms with van der Waals surface area (Å²) in [7, 11) is 0. The van der Waals surface area contributed by atoms with Gasteiger partial charge in [-0.15, -0.1) is 0 Å². The van der Waals surface area contributed by atoms with Crippen molar-refractivity contribution >= 4 is 32.6 Å².